The van der Waals surface area contributed by atoms with Crippen LogP contribution in [-0.2, 0) is 26.9 Å². The molecule has 0 bridgehead atoms. The van der Waals surface area contributed by atoms with Crippen molar-refractivity contribution in [2.24, 2.45) is 0 Å². The van der Waals surface area contributed by atoms with Gasteiger partial charge in [0, 0.05) is 12.0 Å². The van der Waals surface area contributed by atoms with Crippen LogP contribution in [0.5, 0.6) is 0 Å². The van der Waals surface area contributed by atoms with E-state index >= 15 is 0 Å². The summed E-state index contributed by atoms with van der Waals surface area (Å²) in [4.78, 5) is 22.2. The number of amides is 1. The minimum absolute atomic E-state index is 0.00773. The molecule has 1 N–H and O–H groups in total. The lowest BCUT2D eigenvalue weighted by molar-refractivity contribution is 0.00578. The lowest BCUT2D eigenvalue weighted by Gasteiger charge is -2.32. The number of carbonyl (C=O) groups excluding carboxylic acids is 1. The first-order chi connectivity index (χ1) is 16.8. The van der Waals surface area contributed by atoms with Gasteiger partial charge in [-0.1, -0.05) is 12.1 Å². The van der Waals surface area contributed by atoms with Gasteiger partial charge in [-0.3, -0.25) is 4.90 Å². The molecule has 1 aliphatic carbocycles. The van der Waals surface area contributed by atoms with Crippen LogP contribution in [0.2, 0.25) is 0 Å². The van der Waals surface area contributed by atoms with Crippen molar-refractivity contribution in [3.05, 3.63) is 35.3 Å². The van der Waals surface area contributed by atoms with Crippen molar-refractivity contribution in [1.82, 2.24) is 14.9 Å². The normalized spacial score (nSPS) is 24.9. The second-order valence-corrected chi connectivity index (χ2v) is 12.3. The number of benzene rings is 1. The highest BCUT2D eigenvalue weighted by molar-refractivity contribution is 6.62. The van der Waals surface area contributed by atoms with Crippen LogP contribution in [0.15, 0.2) is 18.3 Å². The number of fused-ring (bicyclic) bond motifs is 1. The quantitative estimate of drug-likeness (QED) is 0.612. The van der Waals surface area contributed by atoms with Crippen LogP contribution in [0, 0.1) is 0 Å². The van der Waals surface area contributed by atoms with Gasteiger partial charge in [-0.25, -0.2) is 14.2 Å². The van der Waals surface area contributed by atoms with E-state index in [1.54, 1.807) is 6.20 Å². The first kappa shape index (κ1) is 25.3. The number of alkyl halides is 1. The molecular formula is C27H37BFN3O4. The molecule has 0 spiro atoms. The van der Waals surface area contributed by atoms with Gasteiger partial charge < -0.3 is 19.0 Å². The van der Waals surface area contributed by atoms with Crippen LogP contribution in [-0.4, -0.2) is 57.6 Å². The molecule has 2 aromatic rings. The standard InChI is InChI=1S/C27H37BFN3O4/c1-25(2,3)34-24(33)32-15-16(29)13-22(32)23-30-14-21(31-23)19-11-12-20(18-10-8-9-17(18)19)28-35-26(4,5)27(6,7)36-28/h11-12,14,16,22H,8-10,13,15H2,1-7H3,(H,30,31)/t16-,22+/m1/s1. The summed E-state index contributed by atoms with van der Waals surface area (Å²) in [6.45, 7) is 13.7. The van der Waals surface area contributed by atoms with E-state index in [2.05, 4.69) is 49.8 Å². The van der Waals surface area contributed by atoms with E-state index in [0.29, 0.717) is 5.82 Å². The summed E-state index contributed by atoms with van der Waals surface area (Å²) >= 11 is 0. The van der Waals surface area contributed by atoms with Crippen molar-refractivity contribution in [1.29, 1.82) is 0 Å². The number of H-pyrrole nitrogens is 1. The average molecular weight is 497 g/mol. The van der Waals surface area contributed by atoms with Crippen molar-refractivity contribution in [3.8, 4) is 11.3 Å². The number of nitrogens with one attached hydrogen (secondary N) is 1. The van der Waals surface area contributed by atoms with Crippen molar-refractivity contribution < 1.29 is 23.2 Å². The maximum atomic E-state index is 14.4. The molecule has 194 valence electrons. The summed E-state index contributed by atoms with van der Waals surface area (Å²) in [5, 5.41) is 0. The molecule has 2 fully saturated rings. The summed E-state index contributed by atoms with van der Waals surface area (Å²) in [7, 11) is -0.393. The fraction of sp³-hybridized carbons (Fsp3) is 0.630. The Morgan fingerprint density at radius 2 is 1.83 bits per heavy atom. The molecule has 3 heterocycles. The number of aromatic nitrogens is 2. The summed E-state index contributed by atoms with van der Waals surface area (Å²) in [5.74, 6) is 0.581. The highest BCUT2D eigenvalue weighted by Gasteiger charge is 2.52. The van der Waals surface area contributed by atoms with Gasteiger partial charge in [0.15, 0.2) is 0 Å². The lowest BCUT2D eigenvalue weighted by atomic mass is 9.74. The van der Waals surface area contributed by atoms with E-state index in [1.807, 2.05) is 20.8 Å². The van der Waals surface area contributed by atoms with Crippen LogP contribution in [0.1, 0.15) is 84.3 Å². The average Bonchev–Trinajstić information content (AvgIpc) is 3.52. The molecule has 0 unspecified atom stereocenters. The third-order valence-electron chi connectivity index (χ3n) is 7.91. The molecule has 2 atom stereocenters. The Balaban J connectivity index is 1.43. The van der Waals surface area contributed by atoms with Crippen LogP contribution >= 0.6 is 0 Å². The Morgan fingerprint density at radius 1 is 1.17 bits per heavy atom. The monoisotopic (exact) mass is 497 g/mol. The topological polar surface area (TPSA) is 76.7 Å². The second kappa shape index (κ2) is 8.59. The zero-order valence-corrected chi connectivity index (χ0v) is 22.4. The number of aromatic amines is 1. The fourth-order valence-corrected chi connectivity index (χ4v) is 5.39. The molecule has 36 heavy (non-hydrogen) atoms. The van der Waals surface area contributed by atoms with Gasteiger partial charge >= 0.3 is 13.2 Å². The van der Waals surface area contributed by atoms with E-state index in [1.165, 1.54) is 16.0 Å². The molecule has 9 heteroatoms. The van der Waals surface area contributed by atoms with Gasteiger partial charge in [0.2, 0.25) is 0 Å². The predicted molar refractivity (Wildman–Crippen MR) is 137 cm³/mol. The van der Waals surface area contributed by atoms with Crippen LogP contribution in [0.25, 0.3) is 11.3 Å². The first-order valence-corrected chi connectivity index (χ1v) is 12.9. The molecular weight excluding hydrogens is 460 g/mol. The molecule has 3 aliphatic rings. The van der Waals surface area contributed by atoms with Crippen LogP contribution < -0.4 is 5.46 Å². The van der Waals surface area contributed by atoms with E-state index < -0.39 is 42.2 Å². The lowest BCUT2D eigenvalue weighted by Crippen LogP contribution is -2.41. The zero-order chi connectivity index (χ0) is 26.0. The van der Waals surface area contributed by atoms with Crippen LogP contribution in [0.4, 0.5) is 9.18 Å². The third kappa shape index (κ3) is 4.45. The number of imidazole rings is 1. The van der Waals surface area contributed by atoms with Gasteiger partial charge in [-0.05, 0) is 84.3 Å². The van der Waals surface area contributed by atoms with Gasteiger partial charge in [-0.15, -0.1) is 0 Å². The number of ether oxygens (including phenoxy) is 1. The number of rotatable bonds is 3. The highest BCUT2D eigenvalue weighted by Crippen LogP contribution is 2.39. The molecule has 0 saturated carbocycles. The largest absolute Gasteiger partial charge is 0.495 e. The number of likely N-dealkylation sites (tertiary alicyclic amines) is 1. The van der Waals surface area contributed by atoms with Crippen molar-refractivity contribution in [3.63, 3.8) is 0 Å². The smallest absolute Gasteiger partial charge is 0.444 e. The minimum Gasteiger partial charge on any atom is -0.444 e. The molecule has 1 aromatic heterocycles. The van der Waals surface area contributed by atoms with Gasteiger partial charge in [-0.2, -0.15) is 0 Å². The predicted octanol–water partition coefficient (Wildman–Crippen LogP) is 4.88. The Kier molecular flexibility index (Phi) is 6.03. The van der Waals surface area contributed by atoms with Gasteiger partial charge in [0.25, 0.3) is 0 Å². The van der Waals surface area contributed by atoms with E-state index in [0.717, 1.165) is 36.0 Å². The van der Waals surface area contributed by atoms with E-state index in [-0.39, 0.29) is 13.0 Å². The Labute approximate surface area is 213 Å². The van der Waals surface area contributed by atoms with Crippen molar-refractivity contribution in [2.75, 3.05) is 6.54 Å². The van der Waals surface area contributed by atoms with E-state index in [4.69, 9.17) is 14.0 Å². The minimum atomic E-state index is -1.11. The van der Waals surface area contributed by atoms with Crippen molar-refractivity contribution in [2.45, 2.75) is 103 Å². The molecule has 1 aromatic carbocycles. The fourth-order valence-electron chi connectivity index (χ4n) is 5.39. The first-order valence-electron chi connectivity index (χ1n) is 12.9. The molecule has 0 radical (unpaired) electrons. The maximum Gasteiger partial charge on any atom is 0.495 e. The van der Waals surface area contributed by atoms with Crippen molar-refractivity contribution >= 4 is 18.7 Å². The number of halogens is 1. The molecule has 1 amide bonds. The zero-order valence-electron chi connectivity index (χ0n) is 22.4. The molecule has 7 nitrogen and oxygen atoms in total. The summed E-state index contributed by atoms with van der Waals surface area (Å²) in [6, 6.07) is 3.71. The SMILES string of the molecule is CC(C)(C)OC(=O)N1C[C@H](F)C[C@H]1c1ncc(-c2ccc(B3OC(C)(C)C(C)(C)O3)c3c2CCC3)[nH]1. The Hall–Kier alpha value is -2.39. The van der Waals surface area contributed by atoms with Crippen LogP contribution in [0.3, 0.4) is 0 Å². The van der Waals surface area contributed by atoms with E-state index in [9.17, 15) is 9.18 Å². The second-order valence-electron chi connectivity index (χ2n) is 12.3. The molecule has 5 rings (SSSR count). The Morgan fingerprint density at radius 3 is 2.50 bits per heavy atom. The molecule has 2 aliphatic heterocycles. The Bertz CT molecular complexity index is 1160. The number of hydrogen-bond acceptors (Lipinski definition) is 5. The van der Waals surface area contributed by atoms with Gasteiger partial charge in [0.05, 0.1) is 35.7 Å². The summed E-state index contributed by atoms with van der Waals surface area (Å²) in [6.07, 6.45) is 3.37. The maximum absolute atomic E-state index is 14.4. The van der Waals surface area contributed by atoms with Gasteiger partial charge in [0.1, 0.15) is 17.6 Å². The third-order valence-corrected chi connectivity index (χ3v) is 7.91. The number of nitrogens with zero attached hydrogens (tertiary/aromatic N) is 2. The highest BCUT2D eigenvalue weighted by atomic mass is 19.1. The summed E-state index contributed by atoms with van der Waals surface area (Å²) < 4.78 is 32.6. The number of hydrogen-bond donors (Lipinski definition) is 1. The molecule has 2 saturated heterocycles. The summed E-state index contributed by atoms with van der Waals surface area (Å²) in [5.41, 5.74) is 4.17. The number of carbonyl (C=O) groups is 1.